The molecule has 1 nitrogen and oxygen atoms in total. The van der Waals surface area contributed by atoms with E-state index in [2.05, 4.69) is 12.1 Å². The lowest BCUT2D eigenvalue weighted by Gasteiger charge is -2.02. The van der Waals surface area contributed by atoms with Crippen LogP contribution in [0.3, 0.4) is 0 Å². The van der Waals surface area contributed by atoms with E-state index in [1.165, 1.54) is 21.6 Å². The van der Waals surface area contributed by atoms with Crippen molar-refractivity contribution >= 4 is 32.9 Å². The SMILES string of the molecule is COc1ccc2c(c1)Cc1c-2ssc1=S. The first kappa shape index (κ1) is 9.51. The quantitative estimate of drug-likeness (QED) is 0.476. The molecule has 15 heavy (non-hydrogen) atoms. The van der Waals surface area contributed by atoms with Gasteiger partial charge in [0.15, 0.2) is 0 Å². The number of methoxy groups -OCH3 is 1. The minimum atomic E-state index is 0.929. The summed E-state index contributed by atoms with van der Waals surface area (Å²) in [5.74, 6) is 0.929. The van der Waals surface area contributed by atoms with E-state index in [0.717, 1.165) is 16.0 Å². The molecule has 0 N–H and O–H groups in total. The van der Waals surface area contributed by atoms with E-state index in [-0.39, 0.29) is 0 Å². The molecule has 0 fully saturated rings. The fourth-order valence-electron chi connectivity index (χ4n) is 1.89. The topological polar surface area (TPSA) is 9.23 Å². The molecule has 3 rings (SSSR count). The predicted molar refractivity (Wildman–Crippen MR) is 67.8 cm³/mol. The average Bonchev–Trinajstić information content (AvgIpc) is 2.78. The Morgan fingerprint density at radius 2 is 2.20 bits per heavy atom. The van der Waals surface area contributed by atoms with Gasteiger partial charge >= 0.3 is 0 Å². The molecule has 0 aliphatic heterocycles. The van der Waals surface area contributed by atoms with E-state index in [1.54, 1.807) is 27.8 Å². The molecule has 4 heteroatoms. The highest BCUT2D eigenvalue weighted by Crippen LogP contribution is 2.44. The first-order valence-corrected chi connectivity index (χ1v) is 7.14. The Kier molecular flexibility index (Phi) is 2.16. The van der Waals surface area contributed by atoms with E-state index < -0.39 is 0 Å². The summed E-state index contributed by atoms with van der Waals surface area (Å²) in [6.07, 6.45) is 0.973. The molecule has 0 radical (unpaired) electrons. The molecule has 0 atom stereocenters. The zero-order valence-electron chi connectivity index (χ0n) is 8.07. The summed E-state index contributed by atoms with van der Waals surface area (Å²) < 4.78 is 6.27. The van der Waals surface area contributed by atoms with Gasteiger partial charge in [0.25, 0.3) is 0 Å². The lowest BCUT2D eigenvalue weighted by atomic mass is 10.1. The van der Waals surface area contributed by atoms with Crippen LogP contribution >= 0.6 is 32.9 Å². The summed E-state index contributed by atoms with van der Waals surface area (Å²) in [6, 6.07) is 6.26. The van der Waals surface area contributed by atoms with Crippen molar-refractivity contribution in [3.05, 3.63) is 33.1 Å². The Hall–Kier alpha value is -0.710. The van der Waals surface area contributed by atoms with Crippen LogP contribution in [0.4, 0.5) is 0 Å². The molecule has 0 bridgehead atoms. The Balaban J connectivity index is 2.22. The van der Waals surface area contributed by atoms with Gasteiger partial charge in [0.2, 0.25) is 0 Å². The molecule has 0 spiro atoms. The normalized spacial score (nSPS) is 12.3. The van der Waals surface area contributed by atoms with Crippen molar-refractivity contribution in [1.82, 2.24) is 0 Å². The van der Waals surface area contributed by atoms with Crippen LogP contribution in [0.5, 0.6) is 5.75 Å². The van der Waals surface area contributed by atoms with E-state index >= 15 is 0 Å². The van der Waals surface area contributed by atoms with Crippen LogP contribution in [0.25, 0.3) is 10.4 Å². The number of rotatable bonds is 1. The maximum absolute atomic E-state index is 5.32. The van der Waals surface area contributed by atoms with Gasteiger partial charge in [-0.05, 0) is 29.3 Å². The van der Waals surface area contributed by atoms with Crippen LogP contribution in [-0.4, -0.2) is 7.11 Å². The van der Waals surface area contributed by atoms with E-state index in [1.807, 2.05) is 6.07 Å². The summed E-state index contributed by atoms with van der Waals surface area (Å²) in [5, 5.41) is 0. The maximum Gasteiger partial charge on any atom is 0.119 e. The molecule has 0 amide bonds. The molecule has 1 aliphatic rings. The second kappa shape index (κ2) is 3.40. The highest BCUT2D eigenvalue weighted by molar-refractivity contribution is 7.80. The maximum atomic E-state index is 5.32. The Morgan fingerprint density at radius 3 is 3.00 bits per heavy atom. The Bertz CT molecular complexity index is 580. The van der Waals surface area contributed by atoms with Crippen LogP contribution in [0, 0.1) is 3.82 Å². The molecular formula is C11H8OS3. The molecule has 1 heterocycles. The molecule has 0 saturated heterocycles. The van der Waals surface area contributed by atoms with Gasteiger partial charge in [0, 0.05) is 12.0 Å². The third kappa shape index (κ3) is 1.36. The monoisotopic (exact) mass is 252 g/mol. The molecular weight excluding hydrogens is 244 g/mol. The first-order chi connectivity index (χ1) is 7.29. The molecule has 1 aromatic carbocycles. The minimum absolute atomic E-state index is 0.929. The molecule has 0 unspecified atom stereocenters. The Labute approximate surface area is 100 Å². The van der Waals surface area contributed by atoms with E-state index in [9.17, 15) is 0 Å². The summed E-state index contributed by atoms with van der Waals surface area (Å²) >= 11 is 5.32. The lowest BCUT2D eigenvalue weighted by Crippen LogP contribution is -1.85. The molecule has 76 valence electrons. The van der Waals surface area contributed by atoms with E-state index in [4.69, 9.17) is 17.0 Å². The van der Waals surface area contributed by atoms with Crippen LogP contribution in [0.2, 0.25) is 0 Å². The molecule has 1 aromatic heterocycles. The summed E-state index contributed by atoms with van der Waals surface area (Å²) in [6.45, 7) is 0. The highest BCUT2D eigenvalue weighted by atomic mass is 32.9. The van der Waals surface area contributed by atoms with Crippen LogP contribution in [0.15, 0.2) is 18.2 Å². The fourth-order valence-corrected chi connectivity index (χ4v) is 4.85. The number of ether oxygens (including phenoxy) is 1. The van der Waals surface area contributed by atoms with Crippen LogP contribution in [0.1, 0.15) is 11.1 Å². The van der Waals surface area contributed by atoms with Gasteiger partial charge in [-0.3, -0.25) is 0 Å². The van der Waals surface area contributed by atoms with Gasteiger partial charge in [0.1, 0.15) is 9.57 Å². The number of hydrogen-bond acceptors (Lipinski definition) is 4. The van der Waals surface area contributed by atoms with Gasteiger partial charge in [0.05, 0.1) is 12.0 Å². The summed E-state index contributed by atoms with van der Waals surface area (Å²) in [7, 11) is 5.20. The minimum Gasteiger partial charge on any atom is -0.497 e. The summed E-state index contributed by atoms with van der Waals surface area (Å²) in [5.41, 5.74) is 4.01. The third-order valence-corrected chi connectivity index (χ3v) is 5.82. The van der Waals surface area contributed by atoms with Gasteiger partial charge in [-0.15, -0.1) is 0 Å². The second-order valence-corrected chi connectivity index (χ2v) is 6.28. The van der Waals surface area contributed by atoms with Gasteiger partial charge < -0.3 is 4.74 Å². The molecule has 1 aliphatic carbocycles. The lowest BCUT2D eigenvalue weighted by molar-refractivity contribution is 0.414. The van der Waals surface area contributed by atoms with Crippen molar-refractivity contribution < 1.29 is 4.74 Å². The Morgan fingerprint density at radius 1 is 1.33 bits per heavy atom. The summed E-state index contributed by atoms with van der Waals surface area (Å²) in [4.78, 5) is 1.36. The average molecular weight is 252 g/mol. The van der Waals surface area contributed by atoms with E-state index in [0.29, 0.717) is 0 Å². The number of fused-ring (bicyclic) bond motifs is 3. The van der Waals surface area contributed by atoms with Crippen molar-refractivity contribution in [2.75, 3.05) is 7.11 Å². The zero-order valence-corrected chi connectivity index (χ0v) is 10.5. The number of hydrogen-bond donors (Lipinski definition) is 0. The first-order valence-electron chi connectivity index (χ1n) is 4.59. The number of benzene rings is 1. The van der Waals surface area contributed by atoms with Crippen molar-refractivity contribution in [2.24, 2.45) is 0 Å². The van der Waals surface area contributed by atoms with Gasteiger partial charge in [-0.25, -0.2) is 0 Å². The van der Waals surface area contributed by atoms with Crippen molar-refractivity contribution in [2.45, 2.75) is 6.42 Å². The van der Waals surface area contributed by atoms with Crippen LogP contribution in [-0.2, 0) is 6.42 Å². The third-order valence-electron chi connectivity index (χ3n) is 2.65. The molecule has 0 saturated carbocycles. The van der Waals surface area contributed by atoms with Crippen molar-refractivity contribution in [3.63, 3.8) is 0 Å². The van der Waals surface area contributed by atoms with Gasteiger partial charge in [-0.2, -0.15) is 0 Å². The standard InChI is InChI=1S/C11H8OS3/c1-12-7-2-3-8-6(4-7)5-9-10(8)14-15-11(9)13/h2-4H,5H2,1H3. The second-order valence-electron chi connectivity index (χ2n) is 3.46. The van der Waals surface area contributed by atoms with Crippen molar-refractivity contribution in [3.8, 4) is 16.2 Å². The largest absolute Gasteiger partial charge is 0.497 e. The van der Waals surface area contributed by atoms with Crippen molar-refractivity contribution in [1.29, 1.82) is 0 Å². The van der Waals surface area contributed by atoms with Crippen LogP contribution < -0.4 is 4.74 Å². The smallest absolute Gasteiger partial charge is 0.119 e. The van der Waals surface area contributed by atoms with Gasteiger partial charge in [-0.1, -0.05) is 32.9 Å². The highest BCUT2D eigenvalue weighted by Gasteiger charge is 2.22. The predicted octanol–water partition coefficient (Wildman–Crippen LogP) is 4.12. The zero-order chi connectivity index (χ0) is 10.4. The fraction of sp³-hybridized carbons (Fsp3) is 0.182. The molecule has 2 aromatic rings.